The van der Waals surface area contributed by atoms with Gasteiger partial charge in [-0.2, -0.15) is 0 Å². The first kappa shape index (κ1) is 14.1. The first-order chi connectivity index (χ1) is 9.25. The topological polar surface area (TPSA) is 32.3 Å². The van der Waals surface area contributed by atoms with Crippen LogP contribution in [0.25, 0.3) is 0 Å². The average molecular weight is 256 g/mol. The highest BCUT2D eigenvalue weighted by molar-refractivity contribution is 6.57. The highest BCUT2D eigenvalue weighted by Gasteiger charge is 2.19. The maximum atomic E-state index is 10.5. The Kier molecular flexibility index (Phi) is 5.46. The minimum absolute atomic E-state index is 0.428. The van der Waals surface area contributed by atoms with Crippen LogP contribution in [-0.2, 0) is 0 Å². The van der Waals surface area contributed by atoms with Gasteiger partial charge in [0.2, 0.25) is 0 Å². The van der Waals surface area contributed by atoms with Gasteiger partial charge in [-0.1, -0.05) is 30.3 Å². The number of hydrogen-bond acceptors (Lipinski definition) is 2. The van der Waals surface area contributed by atoms with Crippen LogP contribution < -0.4 is 5.32 Å². The summed E-state index contributed by atoms with van der Waals surface area (Å²) in [6.07, 6.45) is 3.43. The first-order valence-electron chi connectivity index (χ1n) is 7.06. The molecule has 0 unspecified atom stereocenters. The Labute approximate surface area is 116 Å². The fourth-order valence-electron chi connectivity index (χ4n) is 2.73. The van der Waals surface area contributed by atoms with E-state index in [0.717, 1.165) is 26.1 Å². The molecule has 1 fully saturated rings. The lowest BCUT2D eigenvalue weighted by Gasteiger charge is -2.32. The highest BCUT2D eigenvalue weighted by atomic mass is 16.1. The van der Waals surface area contributed by atoms with Gasteiger partial charge in [-0.25, -0.2) is 0 Å². The van der Waals surface area contributed by atoms with Crippen molar-refractivity contribution in [3.63, 3.8) is 0 Å². The molecule has 0 saturated carbocycles. The minimum Gasteiger partial charge on any atom is -0.366 e. The van der Waals surface area contributed by atoms with Gasteiger partial charge in [0.15, 0.2) is 13.7 Å². The third-order valence-corrected chi connectivity index (χ3v) is 3.81. The fraction of sp³-hybridized carbons (Fsp3) is 0.533. The molecule has 0 spiro atoms. The van der Waals surface area contributed by atoms with E-state index in [0.29, 0.717) is 12.5 Å². The number of likely N-dealkylation sites (tertiary alicyclic amines) is 1. The van der Waals surface area contributed by atoms with Crippen molar-refractivity contribution in [2.45, 2.75) is 25.2 Å². The molecule has 2 radical (unpaired) electrons. The Bertz CT molecular complexity index is 388. The van der Waals surface area contributed by atoms with Crippen molar-refractivity contribution in [2.75, 3.05) is 26.2 Å². The largest absolute Gasteiger partial charge is 0.366 e. The van der Waals surface area contributed by atoms with E-state index >= 15 is 0 Å². The third kappa shape index (κ3) is 4.71. The van der Waals surface area contributed by atoms with Gasteiger partial charge in [-0.05, 0) is 50.4 Å². The maximum Gasteiger partial charge on any atom is 0.200 e. The Morgan fingerprint density at radius 1 is 1.26 bits per heavy atom. The number of carbonyl (C=O) groups excluding carboxylic acids is 1. The molecule has 1 aliphatic heterocycles. The van der Waals surface area contributed by atoms with Crippen LogP contribution in [0, 0.1) is 0 Å². The lowest BCUT2D eigenvalue weighted by atomic mass is 9.89. The molecule has 1 aromatic carbocycles. The minimum atomic E-state index is -0.428. The molecular formula is C15H21BN2O. The molecule has 2 rings (SSSR count). The van der Waals surface area contributed by atoms with E-state index in [2.05, 4.69) is 40.5 Å². The van der Waals surface area contributed by atoms with Crippen molar-refractivity contribution in [1.82, 2.24) is 10.2 Å². The van der Waals surface area contributed by atoms with E-state index in [-0.39, 0.29) is 0 Å². The van der Waals surface area contributed by atoms with E-state index in [9.17, 15) is 4.79 Å². The molecule has 4 heteroatoms. The van der Waals surface area contributed by atoms with Crippen LogP contribution in [0.3, 0.4) is 0 Å². The molecule has 19 heavy (non-hydrogen) atoms. The van der Waals surface area contributed by atoms with E-state index in [1.807, 2.05) is 0 Å². The van der Waals surface area contributed by atoms with Gasteiger partial charge in [0.25, 0.3) is 0 Å². The number of rotatable bonds is 5. The summed E-state index contributed by atoms with van der Waals surface area (Å²) in [4.78, 5) is 13.0. The quantitative estimate of drug-likeness (QED) is 0.646. The van der Waals surface area contributed by atoms with E-state index < -0.39 is 5.81 Å². The Morgan fingerprint density at radius 2 is 1.95 bits per heavy atom. The monoisotopic (exact) mass is 256 g/mol. The van der Waals surface area contributed by atoms with Crippen molar-refractivity contribution in [2.24, 2.45) is 0 Å². The summed E-state index contributed by atoms with van der Waals surface area (Å²) in [7, 11) is 5.03. The van der Waals surface area contributed by atoms with E-state index in [4.69, 9.17) is 7.85 Å². The Hall–Kier alpha value is -1.29. The Morgan fingerprint density at radius 3 is 2.58 bits per heavy atom. The van der Waals surface area contributed by atoms with Crippen LogP contribution >= 0.6 is 0 Å². The number of carbonyl (C=O) groups is 1. The maximum absolute atomic E-state index is 10.5. The van der Waals surface area contributed by atoms with Crippen LogP contribution in [-0.4, -0.2) is 44.7 Å². The van der Waals surface area contributed by atoms with E-state index in [1.165, 1.54) is 18.4 Å². The fourth-order valence-corrected chi connectivity index (χ4v) is 2.73. The number of hydrogen-bond donors (Lipinski definition) is 1. The van der Waals surface area contributed by atoms with Crippen molar-refractivity contribution in [3.05, 3.63) is 35.9 Å². The molecule has 1 heterocycles. The first-order valence-corrected chi connectivity index (χ1v) is 7.06. The van der Waals surface area contributed by atoms with Crippen molar-refractivity contribution in [1.29, 1.82) is 0 Å². The summed E-state index contributed by atoms with van der Waals surface area (Å²) in [5.41, 5.74) is 1.47. The van der Waals surface area contributed by atoms with Gasteiger partial charge < -0.3 is 10.2 Å². The predicted molar refractivity (Wildman–Crippen MR) is 78.6 cm³/mol. The molecule has 0 atom stereocenters. The van der Waals surface area contributed by atoms with Crippen LogP contribution in [0.2, 0.25) is 0 Å². The van der Waals surface area contributed by atoms with Crippen molar-refractivity contribution < 1.29 is 4.79 Å². The number of nitrogens with zero attached hydrogens (tertiary/aromatic N) is 1. The van der Waals surface area contributed by atoms with Crippen LogP contribution in [0.4, 0.5) is 4.79 Å². The summed E-state index contributed by atoms with van der Waals surface area (Å²) >= 11 is 0. The zero-order valence-corrected chi connectivity index (χ0v) is 11.3. The smallest absolute Gasteiger partial charge is 0.200 e. The van der Waals surface area contributed by atoms with Gasteiger partial charge in [0, 0.05) is 6.54 Å². The van der Waals surface area contributed by atoms with Crippen molar-refractivity contribution >= 4 is 13.7 Å². The molecule has 1 saturated heterocycles. The summed E-state index contributed by atoms with van der Waals surface area (Å²) < 4.78 is 0. The molecular weight excluding hydrogens is 235 g/mol. The van der Waals surface area contributed by atoms with Gasteiger partial charge in [0.05, 0.1) is 0 Å². The molecule has 3 nitrogen and oxygen atoms in total. The van der Waals surface area contributed by atoms with Gasteiger partial charge >= 0.3 is 0 Å². The highest BCUT2D eigenvalue weighted by Crippen LogP contribution is 2.27. The molecule has 100 valence electrons. The van der Waals surface area contributed by atoms with Gasteiger partial charge in [0.1, 0.15) is 0 Å². The summed E-state index contributed by atoms with van der Waals surface area (Å²) in [6.45, 7) is 4.02. The predicted octanol–water partition coefficient (Wildman–Crippen LogP) is 2.13. The van der Waals surface area contributed by atoms with Gasteiger partial charge in [-0.15, -0.1) is 0 Å². The van der Waals surface area contributed by atoms with Crippen LogP contribution in [0.15, 0.2) is 30.3 Å². The SMILES string of the molecule is [B]C(=O)NCCCN1CCC(c2ccccc2)CC1. The molecule has 1 aliphatic rings. The summed E-state index contributed by atoms with van der Waals surface area (Å²) in [6, 6.07) is 10.8. The van der Waals surface area contributed by atoms with Crippen LogP contribution in [0.5, 0.6) is 0 Å². The second-order valence-electron chi connectivity index (χ2n) is 5.17. The number of amides is 1. The van der Waals surface area contributed by atoms with Gasteiger partial charge in [-0.3, -0.25) is 4.79 Å². The zero-order valence-electron chi connectivity index (χ0n) is 11.3. The summed E-state index contributed by atoms with van der Waals surface area (Å²) in [5.74, 6) is 0.281. The average Bonchev–Trinajstić information content (AvgIpc) is 2.45. The molecule has 1 aromatic rings. The Balaban J connectivity index is 1.67. The zero-order chi connectivity index (χ0) is 13.5. The lowest BCUT2D eigenvalue weighted by Crippen LogP contribution is -2.35. The third-order valence-electron chi connectivity index (χ3n) is 3.81. The number of benzene rings is 1. The second-order valence-corrected chi connectivity index (χ2v) is 5.17. The number of nitrogens with one attached hydrogen (secondary N) is 1. The number of piperidine rings is 1. The van der Waals surface area contributed by atoms with Crippen molar-refractivity contribution in [3.8, 4) is 0 Å². The lowest BCUT2D eigenvalue weighted by molar-refractivity contribution is 0.209. The van der Waals surface area contributed by atoms with E-state index in [1.54, 1.807) is 0 Å². The molecule has 0 aliphatic carbocycles. The normalized spacial score (nSPS) is 17.3. The molecule has 0 bridgehead atoms. The summed E-state index contributed by atoms with van der Waals surface area (Å²) in [5, 5.41) is 2.63. The molecule has 1 N–H and O–H groups in total. The standard InChI is InChI=1S/C15H21BN2O/c16-15(19)17-9-4-10-18-11-7-14(8-12-18)13-5-2-1-3-6-13/h1-3,5-6,14H,4,7-12H2,(H,17,19). The molecule has 0 aromatic heterocycles. The second kappa shape index (κ2) is 7.34. The van der Waals surface area contributed by atoms with Crippen LogP contribution in [0.1, 0.15) is 30.7 Å². The molecule has 1 amide bonds.